The first-order valence-electron chi connectivity index (χ1n) is 16.6. The van der Waals surface area contributed by atoms with E-state index in [1.54, 1.807) is 0 Å². The average Bonchev–Trinajstić information content (AvgIpc) is 3.76. The van der Waals surface area contributed by atoms with Crippen LogP contribution in [0.3, 0.4) is 0 Å². The highest BCUT2D eigenvalue weighted by Gasteiger charge is 2.19. The number of rotatable bonds is 5. The van der Waals surface area contributed by atoms with Crippen molar-refractivity contribution in [1.29, 1.82) is 0 Å². The fourth-order valence-corrected chi connectivity index (χ4v) is 6.90. The molecule has 5 heteroatoms. The molecular weight excluding hydrogens is 615 g/mol. The number of furan rings is 2. The van der Waals surface area contributed by atoms with E-state index < -0.39 is 0 Å². The Morgan fingerprint density at radius 3 is 1.60 bits per heavy atom. The molecular formula is C45H27N3O2. The van der Waals surface area contributed by atoms with Gasteiger partial charge in [0.1, 0.15) is 22.3 Å². The highest BCUT2D eigenvalue weighted by molar-refractivity contribution is 6.12. The van der Waals surface area contributed by atoms with Crippen LogP contribution in [-0.2, 0) is 0 Å². The molecule has 0 saturated heterocycles. The standard InChI is InChI=1S/C45H27N3O2/c1-2-10-28(11-3-1)29-20-22-30(23-21-29)31-12-8-13-32(26-31)43-46-44(33-24-25-40-37(27-33)34-14-4-6-17-38(34)49-40)48-45(47-43)36-16-9-19-41-42(36)35-15-5-7-18-39(35)50-41/h1-27H. The zero-order valence-electron chi connectivity index (χ0n) is 26.7. The molecule has 0 aliphatic carbocycles. The van der Waals surface area contributed by atoms with Crippen LogP contribution in [0.25, 0.3) is 100 Å². The molecule has 0 N–H and O–H groups in total. The number of fused-ring (bicyclic) bond motifs is 6. The Kier molecular flexibility index (Phi) is 6.42. The van der Waals surface area contributed by atoms with Crippen LogP contribution >= 0.6 is 0 Å². The normalized spacial score (nSPS) is 11.6. The molecule has 0 amide bonds. The molecule has 50 heavy (non-hydrogen) atoms. The van der Waals surface area contributed by atoms with Gasteiger partial charge in [-0.1, -0.05) is 121 Å². The van der Waals surface area contributed by atoms with Crippen LogP contribution < -0.4 is 0 Å². The van der Waals surface area contributed by atoms with Gasteiger partial charge in [0.15, 0.2) is 17.5 Å². The predicted molar refractivity (Wildman–Crippen MR) is 202 cm³/mol. The zero-order valence-corrected chi connectivity index (χ0v) is 26.7. The first-order chi connectivity index (χ1) is 24.7. The van der Waals surface area contributed by atoms with Crippen LogP contribution in [0, 0.1) is 0 Å². The first kappa shape index (κ1) is 28.2. The Balaban J connectivity index is 1.15. The zero-order chi connectivity index (χ0) is 33.0. The monoisotopic (exact) mass is 641 g/mol. The van der Waals surface area contributed by atoms with E-state index >= 15 is 0 Å². The third-order valence-corrected chi connectivity index (χ3v) is 9.36. The number of aromatic nitrogens is 3. The van der Waals surface area contributed by atoms with Crippen molar-refractivity contribution in [3.63, 3.8) is 0 Å². The lowest BCUT2D eigenvalue weighted by Crippen LogP contribution is -2.00. The predicted octanol–water partition coefficient (Wildman–Crippen LogP) is 12.0. The summed E-state index contributed by atoms with van der Waals surface area (Å²) in [4.78, 5) is 15.4. The summed E-state index contributed by atoms with van der Waals surface area (Å²) in [7, 11) is 0. The van der Waals surface area contributed by atoms with Crippen LogP contribution in [0.4, 0.5) is 0 Å². The maximum absolute atomic E-state index is 6.24. The summed E-state index contributed by atoms with van der Waals surface area (Å²) in [6.45, 7) is 0. The molecule has 3 aromatic heterocycles. The molecule has 0 unspecified atom stereocenters. The lowest BCUT2D eigenvalue weighted by molar-refractivity contribution is 0.668. The molecule has 0 aliphatic rings. The van der Waals surface area contributed by atoms with Gasteiger partial charge in [0.05, 0.1) is 0 Å². The summed E-state index contributed by atoms with van der Waals surface area (Å²) in [5.41, 5.74) is 10.5. The van der Waals surface area contributed by atoms with Gasteiger partial charge in [0.25, 0.3) is 0 Å². The summed E-state index contributed by atoms with van der Waals surface area (Å²) < 4.78 is 12.4. The maximum Gasteiger partial charge on any atom is 0.164 e. The van der Waals surface area contributed by atoms with E-state index in [-0.39, 0.29) is 0 Å². The van der Waals surface area contributed by atoms with Gasteiger partial charge in [-0.3, -0.25) is 0 Å². The summed E-state index contributed by atoms with van der Waals surface area (Å²) in [6.07, 6.45) is 0. The fraction of sp³-hybridized carbons (Fsp3) is 0. The third-order valence-electron chi connectivity index (χ3n) is 9.36. The molecule has 3 heterocycles. The topological polar surface area (TPSA) is 65.0 Å². The van der Waals surface area contributed by atoms with E-state index in [1.807, 2.05) is 66.7 Å². The minimum atomic E-state index is 0.580. The van der Waals surface area contributed by atoms with Gasteiger partial charge in [-0.15, -0.1) is 0 Å². The quantitative estimate of drug-likeness (QED) is 0.187. The molecule has 0 aliphatic heterocycles. The van der Waals surface area contributed by atoms with E-state index in [1.165, 1.54) is 11.1 Å². The summed E-state index contributed by atoms with van der Waals surface area (Å²) >= 11 is 0. The summed E-state index contributed by atoms with van der Waals surface area (Å²) in [6, 6.07) is 55.9. The molecule has 0 radical (unpaired) electrons. The minimum absolute atomic E-state index is 0.580. The van der Waals surface area contributed by atoms with Crippen molar-refractivity contribution >= 4 is 43.9 Å². The van der Waals surface area contributed by atoms with E-state index in [0.717, 1.165) is 71.7 Å². The van der Waals surface area contributed by atoms with Crippen LogP contribution in [0.5, 0.6) is 0 Å². The van der Waals surface area contributed by atoms with Crippen molar-refractivity contribution in [2.45, 2.75) is 0 Å². The highest BCUT2D eigenvalue weighted by atomic mass is 16.3. The molecule has 0 fully saturated rings. The average molecular weight is 642 g/mol. The molecule has 5 nitrogen and oxygen atoms in total. The van der Waals surface area contributed by atoms with E-state index in [9.17, 15) is 0 Å². The molecule has 0 bridgehead atoms. The van der Waals surface area contributed by atoms with Gasteiger partial charge < -0.3 is 8.83 Å². The summed E-state index contributed by atoms with van der Waals surface area (Å²) in [5, 5.41) is 4.08. The Morgan fingerprint density at radius 2 is 0.800 bits per heavy atom. The summed E-state index contributed by atoms with van der Waals surface area (Å²) in [5.74, 6) is 1.76. The Bertz CT molecular complexity index is 2870. The second kappa shape index (κ2) is 11.4. The van der Waals surface area contributed by atoms with Crippen LogP contribution in [-0.4, -0.2) is 15.0 Å². The number of para-hydroxylation sites is 2. The number of hydrogen-bond donors (Lipinski definition) is 0. The van der Waals surface area contributed by atoms with Gasteiger partial charge >= 0.3 is 0 Å². The van der Waals surface area contributed by atoms with Gasteiger partial charge in [-0.2, -0.15) is 0 Å². The Morgan fingerprint density at radius 1 is 0.300 bits per heavy atom. The Hall–Kier alpha value is -6.85. The SMILES string of the molecule is c1ccc(-c2ccc(-c3cccc(-c4nc(-c5ccc6oc7ccccc7c6c5)nc(-c5cccc6oc7ccccc7c56)n4)c3)cc2)cc1. The molecule has 0 atom stereocenters. The third kappa shape index (κ3) is 4.75. The van der Waals surface area contributed by atoms with E-state index in [0.29, 0.717) is 17.5 Å². The highest BCUT2D eigenvalue weighted by Crippen LogP contribution is 2.38. The maximum atomic E-state index is 6.24. The molecule has 7 aromatic carbocycles. The second-order valence-electron chi connectivity index (χ2n) is 12.4. The van der Waals surface area contributed by atoms with Crippen molar-refractivity contribution in [1.82, 2.24) is 15.0 Å². The van der Waals surface area contributed by atoms with Gasteiger partial charge in [-0.05, 0) is 64.7 Å². The van der Waals surface area contributed by atoms with Crippen molar-refractivity contribution in [2.75, 3.05) is 0 Å². The lowest BCUT2D eigenvalue weighted by Gasteiger charge is -2.11. The molecule has 234 valence electrons. The number of hydrogen-bond acceptors (Lipinski definition) is 5. The minimum Gasteiger partial charge on any atom is -0.456 e. The first-order valence-corrected chi connectivity index (χ1v) is 16.6. The lowest BCUT2D eigenvalue weighted by atomic mass is 9.99. The van der Waals surface area contributed by atoms with Gasteiger partial charge in [-0.25, -0.2) is 15.0 Å². The second-order valence-corrected chi connectivity index (χ2v) is 12.4. The van der Waals surface area contributed by atoms with Gasteiger partial charge in [0.2, 0.25) is 0 Å². The van der Waals surface area contributed by atoms with Crippen LogP contribution in [0.1, 0.15) is 0 Å². The number of nitrogens with zero attached hydrogens (tertiary/aromatic N) is 3. The largest absolute Gasteiger partial charge is 0.456 e. The van der Waals surface area contributed by atoms with E-state index in [2.05, 4.69) is 97.1 Å². The molecule has 0 spiro atoms. The molecule has 0 saturated carbocycles. The van der Waals surface area contributed by atoms with Crippen LogP contribution in [0.2, 0.25) is 0 Å². The van der Waals surface area contributed by atoms with Crippen molar-refractivity contribution in [2.24, 2.45) is 0 Å². The van der Waals surface area contributed by atoms with Crippen molar-refractivity contribution < 1.29 is 8.83 Å². The fourth-order valence-electron chi connectivity index (χ4n) is 6.90. The van der Waals surface area contributed by atoms with Crippen molar-refractivity contribution in [3.8, 4) is 56.4 Å². The molecule has 10 rings (SSSR count). The van der Waals surface area contributed by atoms with Gasteiger partial charge in [0, 0.05) is 38.2 Å². The Labute approximate surface area is 287 Å². The number of benzene rings is 7. The van der Waals surface area contributed by atoms with E-state index in [4.69, 9.17) is 23.8 Å². The van der Waals surface area contributed by atoms with Crippen LogP contribution in [0.15, 0.2) is 173 Å². The molecule has 10 aromatic rings. The van der Waals surface area contributed by atoms with Crippen molar-refractivity contribution in [3.05, 3.63) is 164 Å². The smallest absolute Gasteiger partial charge is 0.164 e.